The van der Waals surface area contributed by atoms with Crippen LogP contribution in [0.15, 0.2) is 77.7 Å². The molecule has 0 saturated carbocycles. The van der Waals surface area contributed by atoms with Crippen LogP contribution in [0.3, 0.4) is 0 Å². The molecule has 28 heavy (non-hydrogen) atoms. The zero-order valence-corrected chi connectivity index (χ0v) is 16.0. The van der Waals surface area contributed by atoms with E-state index in [-0.39, 0.29) is 16.5 Å². The summed E-state index contributed by atoms with van der Waals surface area (Å²) in [6, 6.07) is 18.4. The Balaban J connectivity index is 1.67. The third-order valence-electron chi connectivity index (χ3n) is 4.22. The monoisotopic (exact) mass is 398 g/mol. The van der Waals surface area contributed by atoms with Crippen LogP contribution in [-0.4, -0.2) is 14.3 Å². The molecule has 0 bridgehead atoms. The van der Waals surface area contributed by atoms with Gasteiger partial charge in [-0.2, -0.15) is 0 Å². The van der Waals surface area contributed by atoms with Gasteiger partial charge in [-0.3, -0.25) is 9.52 Å². The van der Waals surface area contributed by atoms with Crippen LogP contribution in [0.5, 0.6) is 0 Å². The van der Waals surface area contributed by atoms with E-state index in [2.05, 4.69) is 10.0 Å². The Kier molecular flexibility index (Phi) is 5.75. The second-order valence-electron chi connectivity index (χ2n) is 6.25. The summed E-state index contributed by atoms with van der Waals surface area (Å²) in [4.78, 5) is 12.3. The van der Waals surface area contributed by atoms with Crippen molar-refractivity contribution in [2.45, 2.75) is 18.4 Å². The Labute approximate surface area is 163 Å². The number of sulfonamides is 1. The van der Waals surface area contributed by atoms with Crippen molar-refractivity contribution in [3.8, 4) is 0 Å². The predicted octanol–water partition coefficient (Wildman–Crippen LogP) is 3.86. The molecule has 0 saturated heterocycles. The largest absolute Gasteiger partial charge is 0.348 e. The van der Waals surface area contributed by atoms with E-state index in [1.165, 1.54) is 48.5 Å². The van der Waals surface area contributed by atoms with Gasteiger partial charge in [-0.05, 0) is 66.6 Å². The van der Waals surface area contributed by atoms with Crippen LogP contribution in [0.2, 0.25) is 0 Å². The summed E-state index contributed by atoms with van der Waals surface area (Å²) in [7, 11) is -3.83. The maximum absolute atomic E-state index is 12.9. The van der Waals surface area contributed by atoms with E-state index < -0.39 is 15.8 Å². The van der Waals surface area contributed by atoms with Crippen molar-refractivity contribution in [1.29, 1.82) is 0 Å². The Bertz CT molecular complexity index is 1080. The lowest BCUT2D eigenvalue weighted by Gasteiger charge is -2.10. The number of rotatable bonds is 6. The summed E-state index contributed by atoms with van der Waals surface area (Å²) in [5.41, 5.74) is 2.70. The normalized spacial score (nSPS) is 11.1. The summed E-state index contributed by atoms with van der Waals surface area (Å²) in [5.74, 6) is -0.747. The van der Waals surface area contributed by atoms with Crippen LogP contribution in [0.1, 0.15) is 21.5 Å². The highest BCUT2D eigenvalue weighted by molar-refractivity contribution is 7.92. The quantitative estimate of drug-likeness (QED) is 0.662. The fourth-order valence-electron chi connectivity index (χ4n) is 2.60. The third-order valence-corrected chi connectivity index (χ3v) is 5.62. The number of halogens is 1. The summed E-state index contributed by atoms with van der Waals surface area (Å²) in [6.07, 6.45) is 0. The highest BCUT2D eigenvalue weighted by Gasteiger charge is 2.15. The molecule has 0 aromatic heterocycles. The first-order valence-corrected chi connectivity index (χ1v) is 10.0. The second kappa shape index (κ2) is 8.22. The first kappa shape index (κ1) is 19.6. The Morgan fingerprint density at radius 2 is 1.57 bits per heavy atom. The SMILES string of the molecule is Cc1ccccc1CNC(=O)c1ccc(S(=O)(=O)Nc2ccc(F)cc2)cc1. The van der Waals surface area contributed by atoms with Crippen LogP contribution in [0, 0.1) is 12.7 Å². The smallest absolute Gasteiger partial charge is 0.261 e. The van der Waals surface area contributed by atoms with Gasteiger partial charge < -0.3 is 5.32 Å². The number of carbonyl (C=O) groups is 1. The predicted molar refractivity (Wildman–Crippen MR) is 106 cm³/mol. The van der Waals surface area contributed by atoms with Gasteiger partial charge in [-0.1, -0.05) is 24.3 Å². The van der Waals surface area contributed by atoms with E-state index in [0.717, 1.165) is 11.1 Å². The van der Waals surface area contributed by atoms with E-state index in [0.29, 0.717) is 12.1 Å². The van der Waals surface area contributed by atoms with Gasteiger partial charge in [0.1, 0.15) is 5.82 Å². The molecule has 144 valence electrons. The van der Waals surface area contributed by atoms with Gasteiger partial charge in [-0.25, -0.2) is 12.8 Å². The molecule has 0 aliphatic heterocycles. The number of hydrogen-bond donors (Lipinski definition) is 2. The van der Waals surface area contributed by atoms with Crippen molar-refractivity contribution in [3.05, 3.63) is 95.3 Å². The van der Waals surface area contributed by atoms with Crippen molar-refractivity contribution in [1.82, 2.24) is 5.32 Å². The van der Waals surface area contributed by atoms with Crippen molar-refractivity contribution < 1.29 is 17.6 Å². The molecule has 0 heterocycles. The molecule has 0 fully saturated rings. The average molecular weight is 398 g/mol. The van der Waals surface area contributed by atoms with Gasteiger partial charge >= 0.3 is 0 Å². The summed E-state index contributed by atoms with van der Waals surface area (Å²) < 4.78 is 40.1. The van der Waals surface area contributed by atoms with Crippen molar-refractivity contribution in [3.63, 3.8) is 0 Å². The minimum atomic E-state index is -3.83. The summed E-state index contributed by atoms with van der Waals surface area (Å²) in [5, 5.41) is 2.82. The molecular weight excluding hydrogens is 379 g/mol. The number of carbonyl (C=O) groups excluding carboxylic acids is 1. The van der Waals surface area contributed by atoms with Crippen molar-refractivity contribution >= 4 is 21.6 Å². The van der Waals surface area contributed by atoms with Crippen LogP contribution in [-0.2, 0) is 16.6 Å². The first-order valence-electron chi connectivity index (χ1n) is 8.56. The van der Waals surface area contributed by atoms with E-state index in [4.69, 9.17) is 0 Å². The molecular formula is C21H19FN2O3S. The molecule has 1 amide bonds. The van der Waals surface area contributed by atoms with Crippen LogP contribution >= 0.6 is 0 Å². The number of hydrogen-bond acceptors (Lipinski definition) is 3. The van der Waals surface area contributed by atoms with Gasteiger partial charge in [0, 0.05) is 17.8 Å². The zero-order chi connectivity index (χ0) is 20.1. The van der Waals surface area contributed by atoms with E-state index >= 15 is 0 Å². The fourth-order valence-corrected chi connectivity index (χ4v) is 3.66. The lowest BCUT2D eigenvalue weighted by Crippen LogP contribution is -2.23. The van der Waals surface area contributed by atoms with Gasteiger partial charge in [0.05, 0.1) is 4.90 Å². The first-order chi connectivity index (χ1) is 13.3. The lowest BCUT2D eigenvalue weighted by atomic mass is 10.1. The number of anilines is 1. The highest BCUT2D eigenvalue weighted by atomic mass is 32.2. The van der Waals surface area contributed by atoms with Gasteiger partial charge in [0.15, 0.2) is 0 Å². The molecule has 2 N–H and O–H groups in total. The average Bonchev–Trinajstić information content (AvgIpc) is 2.69. The topological polar surface area (TPSA) is 75.3 Å². The highest BCUT2D eigenvalue weighted by Crippen LogP contribution is 2.17. The zero-order valence-electron chi connectivity index (χ0n) is 15.1. The number of aryl methyl sites for hydroxylation is 1. The molecule has 3 aromatic rings. The minimum absolute atomic E-state index is 0.00674. The maximum Gasteiger partial charge on any atom is 0.261 e. The number of benzene rings is 3. The molecule has 0 aliphatic rings. The molecule has 0 radical (unpaired) electrons. The van der Waals surface area contributed by atoms with Crippen molar-refractivity contribution in [2.75, 3.05) is 4.72 Å². The molecule has 3 aromatic carbocycles. The van der Waals surface area contributed by atoms with E-state index in [1.807, 2.05) is 31.2 Å². The Hall–Kier alpha value is -3.19. The van der Waals surface area contributed by atoms with Crippen LogP contribution in [0.25, 0.3) is 0 Å². The molecule has 0 spiro atoms. The number of nitrogens with one attached hydrogen (secondary N) is 2. The number of amides is 1. The molecule has 5 nitrogen and oxygen atoms in total. The molecule has 0 unspecified atom stereocenters. The summed E-state index contributed by atoms with van der Waals surface area (Å²) >= 11 is 0. The standard InChI is InChI=1S/C21H19FN2O3S/c1-15-4-2-3-5-17(15)14-23-21(25)16-6-12-20(13-7-16)28(26,27)24-19-10-8-18(22)9-11-19/h2-13,24H,14H2,1H3,(H,23,25). The minimum Gasteiger partial charge on any atom is -0.348 e. The second-order valence-corrected chi connectivity index (χ2v) is 7.93. The van der Waals surface area contributed by atoms with E-state index in [1.54, 1.807) is 0 Å². The Morgan fingerprint density at radius 3 is 2.21 bits per heavy atom. The Morgan fingerprint density at radius 1 is 0.929 bits per heavy atom. The lowest BCUT2D eigenvalue weighted by molar-refractivity contribution is 0.0950. The van der Waals surface area contributed by atoms with Gasteiger partial charge in [-0.15, -0.1) is 0 Å². The molecule has 0 aliphatic carbocycles. The third kappa shape index (κ3) is 4.75. The summed E-state index contributed by atoms with van der Waals surface area (Å²) in [6.45, 7) is 2.35. The van der Waals surface area contributed by atoms with Crippen LogP contribution in [0.4, 0.5) is 10.1 Å². The molecule has 0 atom stereocenters. The molecule has 3 rings (SSSR count). The maximum atomic E-state index is 12.9. The fraction of sp³-hybridized carbons (Fsp3) is 0.0952. The van der Waals surface area contributed by atoms with Crippen LogP contribution < -0.4 is 10.0 Å². The van der Waals surface area contributed by atoms with Gasteiger partial charge in [0.2, 0.25) is 0 Å². The van der Waals surface area contributed by atoms with E-state index in [9.17, 15) is 17.6 Å². The molecule has 7 heteroatoms. The van der Waals surface area contributed by atoms with Crippen molar-refractivity contribution in [2.24, 2.45) is 0 Å². The van der Waals surface area contributed by atoms with Gasteiger partial charge in [0.25, 0.3) is 15.9 Å².